The summed E-state index contributed by atoms with van der Waals surface area (Å²) in [5.74, 6) is -1.61. The molecule has 1 N–H and O–H groups in total. The first-order valence-corrected chi connectivity index (χ1v) is 6.57. The maximum Gasteiger partial charge on any atom is 0.335 e. The first-order valence-electron chi connectivity index (χ1n) is 5.40. The van der Waals surface area contributed by atoms with Crippen molar-refractivity contribution in [2.75, 3.05) is 0 Å². The summed E-state index contributed by atoms with van der Waals surface area (Å²) in [6, 6.07) is 7.94. The van der Waals surface area contributed by atoms with Gasteiger partial charge in [-0.25, -0.2) is 9.18 Å². The molecule has 0 unspecified atom stereocenters. The lowest BCUT2D eigenvalue weighted by Gasteiger charge is -2.11. The van der Waals surface area contributed by atoms with Crippen LogP contribution in [0, 0.1) is 12.7 Å². The highest BCUT2D eigenvalue weighted by Crippen LogP contribution is 2.35. The van der Waals surface area contributed by atoms with Gasteiger partial charge in [-0.05, 0) is 46.1 Å². The van der Waals surface area contributed by atoms with E-state index in [4.69, 9.17) is 16.7 Å². The average Bonchev–Trinajstić information content (AvgIpc) is 2.37. The van der Waals surface area contributed by atoms with Crippen LogP contribution >= 0.6 is 27.5 Å². The van der Waals surface area contributed by atoms with Crippen molar-refractivity contribution in [3.8, 4) is 11.1 Å². The van der Waals surface area contributed by atoms with Crippen LogP contribution in [-0.4, -0.2) is 11.1 Å². The van der Waals surface area contributed by atoms with Crippen LogP contribution in [0.1, 0.15) is 15.9 Å². The molecule has 0 aliphatic carbocycles. The number of hydrogen-bond acceptors (Lipinski definition) is 1. The van der Waals surface area contributed by atoms with Crippen molar-refractivity contribution >= 4 is 33.5 Å². The number of carboxylic acids is 1. The van der Waals surface area contributed by atoms with Crippen LogP contribution in [0.2, 0.25) is 5.02 Å². The number of carbonyl (C=O) groups is 1. The fourth-order valence-electron chi connectivity index (χ4n) is 1.89. The van der Waals surface area contributed by atoms with Gasteiger partial charge < -0.3 is 5.11 Å². The van der Waals surface area contributed by atoms with Crippen molar-refractivity contribution in [3.63, 3.8) is 0 Å². The summed E-state index contributed by atoms with van der Waals surface area (Å²) < 4.78 is 14.6. The van der Waals surface area contributed by atoms with E-state index in [1.807, 2.05) is 0 Å². The van der Waals surface area contributed by atoms with Crippen molar-refractivity contribution in [1.82, 2.24) is 0 Å². The van der Waals surface area contributed by atoms with E-state index in [9.17, 15) is 9.18 Å². The molecule has 0 atom stereocenters. The molecule has 0 amide bonds. The molecule has 2 rings (SSSR count). The van der Waals surface area contributed by atoms with Crippen LogP contribution in [0.25, 0.3) is 11.1 Å². The highest BCUT2D eigenvalue weighted by Gasteiger charge is 2.16. The lowest BCUT2D eigenvalue weighted by Crippen LogP contribution is -2.01. The number of hydrogen-bond donors (Lipinski definition) is 1. The summed E-state index contributed by atoms with van der Waals surface area (Å²) >= 11 is 8.99. The van der Waals surface area contributed by atoms with Crippen LogP contribution < -0.4 is 0 Å². The Kier molecular flexibility index (Phi) is 3.92. The summed E-state index contributed by atoms with van der Waals surface area (Å²) in [6.45, 7) is 1.65. The van der Waals surface area contributed by atoms with E-state index in [1.165, 1.54) is 6.07 Å². The highest BCUT2D eigenvalue weighted by molar-refractivity contribution is 9.10. The molecule has 0 fully saturated rings. The second-order valence-electron chi connectivity index (χ2n) is 4.01. The molecule has 0 heterocycles. The maximum absolute atomic E-state index is 14.2. The van der Waals surface area contributed by atoms with Crippen molar-refractivity contribution in [2.24, 2.45) is 0 Å². The van der Waals surface area contributed by atoms with Crippen LogP contribution in [0.4, 0.5) is 4.39 Å². The maximum atomic E-state index is 14.2. The van der Waals surface area contributed by atoms with Crippen molar-refractivity contribution in [3.05, 3.63) is 56.8 Å². The largest absolute Gasteiger partial charge is 0.478 e. The first-order chi connectivity index (χ1) is 8.93. The second-order valence-corrected chi connectivity index (χ2v) is 5.24. The van der Waals surface area contributed by atoms with Gasteiger partial charge in [0.25, 0.3) is 0 Å². The molecule has 0 aromatic heterocycles. The molecular formula is C14H9BrClFO2. The number of benzene rings is 2. The van der Waals surface area contributed by atoms with Gasteiger partial charge in [-0.1, -0.05) is 29.8 Å². The Bertz CT molecular complexity index is 671. The van der Waals surface area contributed by atoms with Gasteiger partial charge in [-0.2, -0.15) is 0 Å². The zero-order valence-corrected chi connectivity index (χ0v) is 12.2. The Morgan fingerprint density at radius 1 is 1.26 bits per heavy atom. The molecule has 2 aromatic carbocycles. The monoisotopic (exact) mass is 342 g/mol. The fourth-order valence-corrected chi connectivity index (χ4v) is 2.36. The van der Waals surface area contributed by atoms with Crippen molar-refractivity contribution in [1.29, 1.82) is 0 Å². The van der Waals surface area contributed by atoms with E-state index in [-0.39, 0.29) is 16.1 Å². The van der Waals surface area contributed by atoms with E-state index < -0.39 is 11.8 Å². The van der Waals surface area contributed by atoms with Crippen molar-refractivity contribution in [2.45, 2.75) is 6.92 Å². The van der Waals surface area contributed by atoms with Gasteiger partial charge in [0, 0.05) is 10.0 Å². The highest BCUT2D eigenvalue weighted by atomic mass is 79.9. The van der Waals surface area contributed by atoms with Crippen LogP contribution in [0.15, 0.2) is 34.8 Å². The fraction of sp³-hybridized carbons (Fsp3) is 0.0714. The minimum absolute atomic E-state index is 0.0161. The van der Waals surface area contributed by atoms with E-state index >= 15 is 0 Å². The summed E-state index contributed by atoms with van der Waals surface area (Å²) in [6.07, 6.45) is 0. The molecular weight excluding hydrogens is 335 g/mol. The number of carboxylic acid groups (broad SMARTS) is 1. The smallest absolute Gasteiger partial charge is 0.335 e. The molecule has 19 heavy (non-hydrogen) atoms. The van der Waals surface area contributed by atoms with Gasteiger partial charge in [-0.3, -0.25) is 0 Å². The third kappa shape index (κ3) is 2.51. The standard InChI is InChI=1S/C14H9BrClFO2/c1-7-8(3-2-4-9(7)14(18)19)10-5-6-11(15)12(16)13(10)17/h2-6H,1H3,(H,18,19). The molecule has 0 radical (unpaired) electrons. The predicted molar refractivity (Wildman–Crippen MR) is 76.2 cm³/mol. The minimum Gasteiger partial charge on any atom is -0.478 e. The zero-order chi connectivity index (χ0) is 14.2. The molecule has 2 nitrogen and oxygen atoms in total. The van der Waals surface area contributed by atoms with E-state index in [1.54, 1.807) is 31.2 Å². The van der Waals surface area contributed by atoms with Gasteiger partial charge in [0.15, 0.2) is 5.82 Å². The Morgan fingerprint density at radius 2 is 1.95 bits per heavy atom. The Morgan fingerprint density at radius 3 is 2.58 bits per heavy atom. The summed E-state index contributed by atoms with van der Waals surface area (Å²) in [5, 5.41) is 9.06. The predicted octanol–water partition coefficient (Wildman–Crippen LogP) is 4.92. The second kappa shape index (κ2) is 5.31. The van der Waals surface area contributed by atoms with Crippen LogP contribution in [0.5, 0.6) is 0 Å². The lowest BCUT2D eigenvalue weighted by atomic mass is 9.96. The number of halogens is 3. The zero-order valence-electron chi connectivity index (χ0n) is 9.88. The molecule has 0 aliphatic rings. The van der Waals surface area contributed by atoms with Crippen LogP contribution in [0.3, 0.4) is 0 Å². The SMILES string of the molecule is Cc1c(C(=O)O)cccc1-c1ccc(Br)c(Cl)c1F. The molecule has 0 spiro atoms. The van der Waals surface area contributed by atoms with Gasteiger partial charge in [0.05, 0.1) is 10.6 Å². The summed E-state index contributed by atoms with van der Waals surface area (Å²) in [7, 11) is 0. The minimum atomic E-state index is -1.04. The topological polar surface area (TPSA) is 37.3 Å². The molecule has 0 bridgehead atoms. The number of rotatable bonds is 2. The first kappa shape index (κ1) is 14.0. The van der Waals surface area contributed by atoms with Gasteiger partial charge in [0.1, 0.15) is 0 Å². The Labute approximate surface area is 123 Å². The Balaban J connectivity index is 2.70. The van der Waals surface area contributed by atoms with Gasteiger partial charge >= 0.3 is 5.97 Å². The van der Waals surface area contributed by atoms with Gasteiger partial charge in [-0.15, -0.1) is 0 Å². The molecule has 2 aromatic rings. The Hall–Kier alpha value is -1.39. The third-order valence-electron chi connectivity index (χ3n) is 2.89. The third-order valence-corrected chi connectivity index (χ3v) is 4.15. The summed E-state index contributed by atoms with van der Waals surface area (Å²) in [4.78, 5) is 11.1. The number of aromatic carboxylic acids is 1. The van der Waals surface area contributed by atoms with Crippen LogP contribution in [-0.2, 0) is 0 Å². The molecule has 0 saturated carbocycles. The van der Waals surface area contributed by atoms with E-state index in [2.05, 4.69) is 15.9 Å². The van der Waals surface area contributed by atoms with Gasteiger partial charge in [0.2, 0.25) is 0 Å². The van der Waals surface area contributed by atoms with Crippen molar-refractivity contribution < 1.29 is 14.3 Å². The van der Waals surface area contributed by atoms with E-state index in [0.29, 0.717) is 15.6 Å². The molecule has 0 aliphatic heterocycles. The molecule has 98 valence electrons. The molecule has 0 saturated heterocycles. The lowest BCUT2D eigenvalue weighted by molar-refractivity contribution is 0.0696. The quantitative estimate of drug-likeness (QED) is 0.786. The average molecular weight is 344 g/mol. The normalized spacial score (nSPS) is 10.5. The van der Waals surface area contributed by atoms with E-state index in [0.717, 1.165) is 0 Å². The summed E-state index contributed by atoms with van der Waals surface area (Å²) in [5.41, 5.74) is 1.46. The molecule has 5 heteroatoms.